The van der Waals surface area contributed by atoms with E-state index in [9.17, 15) is 46.0 Å². The van der Waals surface area contributed by atoms with E-state index in [0.717, 1.165) is 38.5 Å². The molecule has 0 aromatic rings. The van der Waals surface area contributed by atoms with Crippen molar-refractivity contribution in [1.29, 1.82) is 0 Å². The summed E-state index contributed by atoms with van der Waals surface area (Å²) in [6.07, 6.45) is -7.49. The molecule has 9 N–H and O–H groups in total. The first kappa shape index (κ1) is 44.2. The Morgan fingerprint density at radius 1 is 0.737 bits per heavy atom. The van der Waals surface area contributed by atoms with E-state index >= 15 is 0 Å². The average molecular weight is 813 g/mol. The number of allylic oxidation sites excluding steroid dienone is 1. The Kier molecular flexibility index (Phi) is 11.8. The van der Waals surface area contributed by atoms with Crippen molar-refractivity contribution in [2.75, 3.05) is 26.9 Å². The number of fused-ring (bicyclic) bond motifs is 7. The van der Waals surface area contributed by atoms with Crippen molar-refractivity contribution in [3.05, 3.63) is 11.6 Å². The van der Waals surface area contributed by atoms with Gasteiger partial charge in [-0.15, -0.1) is 0 Å². The molecule has 57 heavy (non-hydrogen) atoms. The summed E-state index contributed by atoms with van der Waals surface area (Å²) in [4.78, 5) is 0. The fraction of sp³-hybridized carbons (Fsp3) is 0.953. The quantitative estimate of drug-likeness (QED) is 0.125. The highest BCUT2D eigenvalue weighted by Crippen LogP contribution is 2.76. The zero-order valence-electron chi connectivity index (χ0n) is 35.2. The number of aliphatic hydroxyl groups is 9. The maximum atomic E-state index is 12.1. The Balaban J connectivity index is 1.17. The zero-order chi connectivity index (χ0) is 41.8. The van der Waals surface area contributed by atoms with E-state index < -0.39 is 91.1 Å². The molecule has 14 heteroatoms. The molecule has 0 amide bonds. The Hall–Kier alpha value is -0.820. The molecular weight excluding hydrogens is 740 g/mol. The molecule has 0 radical (unpaired) electrons. The lowest BCUT2D eigenvalue weighted by molar-refractivity contribution is -0.368. The second-order valence-electron chi connectivity index (χ2n) is 21.0. The fourth-order valence-corrected chi connectivity index (χ4v) is 14.0. The van der Waals surface area contributed by atoms with Gasteiger partial charge in [-0.1, -0.05) is 53.2 Å². The SMILES string of the molecule is CO[C@@H]1C=C2C3CC(C)(C)CC[C@]3(CO)[C@H](O)C[C@@]2(C)[C@]2(C)CC[C@H]3[C@](C)(CO)[C@@H](O[C@@H]4O[C@H](C)[C@H](O)[C@H](O[C@@H]5O[C@H](CO)[C@@H](O)[C@H](O)[C@H]5O)[C@H]4O)CC[C@]3(C)[C@@H]12. The van der Waals surface area contributed by atoms with Crippen molar-refractivity contribution >= 4 is 0 Å². The van der Waals surface area contributed by atoms with E-state index in [2.05, 4.69) is 40.7 Å². The normalized spacial score (nSPS) is 56.1. The van der Waals surface area contributed by atoms with Crippen LogP contribution >= 0.6 is 0 Å². The van der Waals surface area contributed by atoms with Crippen LogP contribution in [0.25, 0.3) is 0 Å². The molecule has 21 atom stereocenters. The highest BCUT2D eigenvalue weighted by Gasteiger charge is 2.72. The van der Waals surface area contributed by atoms with Gasteiger partial charge in [-0.05, 0) is 91.8 Å². The molecule has 2 aliphatic heterocycles. The first-order valence-electron chi connectivity index (χ1n) is 21.4. The summed E-state index contributed by atoms with van der Waals surface area (Å²) in [5.41, 5.74) is -0.934. The molecule has 0 bridgehead atoms. The van der Waals surface area contributed by atoms with E-state index in [1.54, 1.807) is 14.0 Å². The minimum Gasteiger partial charge on any atom is -0.396 e. The predicted octanol–water partition coefficient (Wildman–Crippen LogP) is 1.39. The summed E-state index contributed by atoms with van der Waals surface area (Å²) in [7, 11) is 1.78. The lowest BCUT2D eigenvalue weighted by atomic mass is 9.32. The zero-order valence-corrected chi connectivity index (χ0v) is 35.2. The smallest absolute Gasteiger partial charge is 0.187 e. The van der Waals surface area contributed by atoms with Gasteiger partial charge in [0.2, 0.25) is 0 Å². The molecule has 2 saturated heterocycles. The van der Waals surface area contributed by atoms with Crippen molar-refractivity contribution in [3.8, 4) is 0 Å². The van der Waals surface area contributed by atoms with Crippen LogP contribution in [0.15, 0.2) is 11.6 Å². The minimum absolute atomic E-state index is 0.0303. The number of methoxy groups -OCH3 is 1. The number of rotatable bonds is 8. The summed E-state index contributed by atoms with van der Waals surface area (Å²) in [6.45, 7) is 14.4. The van der Waals surface area contributed by atoms with Crippen LogP contribution in [0.4, 0.5) is 0 Å². The lowest BCUT2D eigenvalue weighted by Crippen LogP contribution is -2.70. The molecule has 7 rings (SSSR count). The second-order valence-corrected chi connectivity index (χ2v) is 21.0. The van der Waals surface area contributed by atoms with E-state index in [0.29, 0.717) is 12.8 Å². The molecule has 0 spiro atoms. The third kappa shape index (κ3) is 6.48. The van der Waals surface area contributed by atoms with Gasteiger partial charge in [0, 0.05) is 23.9 Å². The Labute approximate surface area is 337 Å². The molecule has 1 unspecified atom stereocenters. The molecule has 5 aliphatic carbocycles. The molecular formula is C43H72O14. The minimum atomic E-state index is -1.74. The molecule has 14 nitrogen and oxygen atoms in total. The van der Waals surface area contributed by atoms with Gasteiger partial charge in [-0.2, -0.15) is 0 Å². The summed E-state index contributed by atoms with van der Waals surface area (Å²) in [5.74, 6) is 0.0264. The van der Waals surface area contributed by atoms with Crippen LogP contribution in [0.3, 0.4) is 0 Å². The summed E-state index contributed by atoms with van der Waals surface area (Å²) >= 11 is 0. The van der Waals surface area contributed by atoms with Crippen LogP contribution in [0.5, 0.6) is 0 Å². The molecule has 0 aromatic heterocycles. The van der Waals surface area contributed by atoms with Crippen molar-refractivity contribution in [2.45, 2.75) is 180 Å². The van der Waals surface area contributed by atoms with Crippen molar-refractivity contribution < 1.29 is 69.6 Å². The fourth-order valence-electron chi connectivity index (χ4n) is 14.0. The summed E-state index contributed by atoms with van der Waals surface area (Å²) in [6, 6.07) is 0. The molecule has 328 valence electrons. The molecule has 7 aliphatic rings. The van der Waals surface area contributed by atoms with Gasteiger partial charge < -0.3 is 69.6 Å². The van der Waals surface area contributed by atoms with Crippen molar-refractivity contribution in [2.24, 2.45) is 50.2 Å². The van der Waals surface area contributed by atoms with E-state index in [-0.39, 0.29) is 58.7 Å². The Bertz CT molecular complexity index is 1490. The van der Waals surface area contributed by atoms with Crippen LogP contribution in [0.1, 0.15) is 99.8 Å². The third-order valence-electron chi connectivity index (χ3n) is 17.7. The van der Waals surface area contributed by atoms with Crippen molar-refractivity contribution in [3.63, 3.8) is 0 Å². The maximum Gasteiger partial charge on any atom is 0.187 e. The van der Waals surface area contributed by atoms with Gasteiger partial charge in [-0.25, -0.2) is 0 Å². The Morgan fingerprint density at radius 2 is 1.42 bits per heavy atom. The first-order chi connectivity index (χ1) is 26.6. The standard InChI is InChI=1S/C43H72O14/c1-21-29(48)34(57-36-32(51)31(50)30(49)25(18-44)55-36)33(52)37(54-21)56-28-10-11-39(4)26(40(28,5)19-45)9-12-41(6)35(39)24(53-8)15-22-23-16-38(2,3)13-14-43(23,20-46)27(47)17-42(22,41)7/h15,21,23-37,44-52H,9-14,16-20H2,1-8H3/t21-,23?,24-,25-,26-,27-,28+,29+,30-,31+,32-,33-,34+,35-,36+,37+,39+,40+,41-,42-,43-/m1/s1. The summed E-state index contributed by atoms with van der Waals surface area (Å²) < 4.78 is 30.6. The van der Waals surface area contributed by atoms with Gasteiger partial charge in [0.1, 0.15) is 42.7 Å². The van der Waals surface area contributed by atoms with Gasteiger partial charge in [0.05, 0.1) is 44.2 Å². The van der Waals surface area contributed by atoms with Gasteiger partial charge in [-0.3, -0.25) is 0 Å². The lowest BCUT2D eigenvalue weighted by Gasteiger charge is -2.73. The Morgan fingerprint density at radius 3 is 2.05 bits per heavy atom. The van der Waals surface area contributed by atoms with Gasteiger partial charge >= 0.3 is 0 Å². The van der Waals surface area contributed by atoms with E-state index in [4.69, 9.17) is 23.7 Å². The number of aliphatic hydroxyl groups excluding tert-OH is 9. The molecule has 2 heterocycles. The topological polar surface area (TPSA) is 228 Å². The van der Waals surface area contributed by atoms with Crippen LogP contribution in [-0.4, -0.2) is 153 Å². The van der Waals surface area contributed by atoms with Gasteiger partial charge in [0.15, 0.2) is 12.6 Å². The second kappa shape index (κ2) is 15.2. The number of hydrogen-bond acceptors (Lipinski definition) is 14. The number of hydrogen-bond donors (Lipinski definition) is 9. The number of ether oxygens (including phenoxy) is 5. The van der Waals surface area contributed by atoms with Gasteiger partial charge in [0.25, 0.3) is 0 Å². The predicted molar refractivity (Wildman–Crippen MR) is 205 cm³/mol. The molecule has 0 aromatic carbocycles. The van der Waals surface area contributed by atoms with Crippen LogP contribution in [-0.2, 0) is 23.7 Å². The van der Waals surface area contributed by atoms with E-state index in [1.165, 1.54) is 5.57 Å². The summed E-state index contributed by atoms with van der Waals surface area (Å²) in [5, 5.41) is 98.1. The molecule has 4 saturated carbocycles. The monoisotopic (exact) mass is 812 g/mol. The van der Waals surface area contributed by atoms with Crippen LogP contribution < -0.4 is 0 Å². The largest absolute Gasteiger partial charge is 0.396 e. The third-order valence-corrected chi connectivity index (χ3v) is 17.7. The highest BCUT2D eigenvalue weighted by molar-refractivity contribution is 5.37. The average Bonchev–Trinajstić information content (AvgIpc) is 3.16. The van der Waals surface area contributed by atoms with E-state index in [1.807, 2.05) is 6.92 Å². The first-order valence-corrected chi connectivity index (χ1v) is 21.4. The maximum absolute atomic E-state index is 12.1. The highest BCUT2D eigenvalue weighted by atomic mass is 16.7. The van der Waals surface area contributed by atoms with Crippen LogP contribution in [0, 0.1) is 50.2 Å². The van der Waals surface area contributed by atoms with Crippen LogP contribution in [0.2, 0.25) is 0 Å². The van der Waals surface area contributed by atoms with Crippen molar-refractivity contribution in [1.82, 2.24) is 0 Å². The molecule has 6 fully saturated rings.